The first kappa shape index (κ1) is 21.4. The molecule has 14 nitrogen and oxygen atoms in total. The van der Waals surface area contributed by atoms with Gasteiger partial charge in [0.1, 0.15) is 29.1 Å². The van der Waals surface area contributed by atoms with Crippen molar-refractivity contribution in [2.45, 2.75) is 18.0 Å². The van der Waals surface area contributed by atoms with E-state index in [1.807, 2.05) is 0 Å². The van der Waals surface area contributed by atoms with Crippen molar-refractivity contribution >= 4 is 51.7 Å². The molecular weight excluding hydrogens is 462 g/mol. The van der Waals surface area contributed by atoms with E-state index in [-0.39, 0.29) is 16.5 Å². The number of anilines is 1. The number of aromatic nitrogens is 5. The van der Waals surface area contributed by atoms with E-state index in [4.69, 9.17) is 5.73 Å². The second-order valence-electron chi connectivity index (χ2n) is 6.49. The van der Waals surface area contributed by atoms with Crippen LogP contribution < -0.4 is 11.1 Å². The van der Waals surface area contributed by atoms with Gasteiger partial charge in [0.2, 0.25) is 0 Å². The first-order valence-corrected chi connectivity index (χ1v) is 10.9. The number of β-lactam (4-membered cyclic amide) rings is 1. The van der Waals surface area contributed by atoms with Crippen LogP contribution in [0.4, 0.5) is 5.13 Å². The first-order chi connectivity index (χ1) is 15.4. The van der Waals surface area contributed by atoms with Gasteiger partial charge < -0.3 is 21.4 Å². The topological polar surface area (TPSA) is 202 Å². The summed E-state index contributed by atoms with van der Waals surface area (Å²) in [4.78, 5) is 42.1. The minimum Gasteiger partial charge on any atom is -0.477 e. The van der Waals surface area contributed by atoms with Gasteiger partial charge in [-0.15, -0.1) is 28.2 Å². The van der Waals surface area contributed by atoms with Crippen LogP contribution in [0.25, 0.3) is 0 Å². The first-order valence-electron chi connectivity index (χ1n) is 8.93. The lowest BCUT2D eigenvalue weighted by atomic mass is 10.0. The van der Waals surface area contributed by atoms with E-state index in [2.05, 4.69) is 31.0 Å². The molecule has 2 aliphatic rings. The molecule has 2 atom stereocenters. The van der Waals surface area contributed by atoms with Crippen molar-refractivity contribution in [3.05, 3.63) is 40.8 Å². The quantitative estimate of drug-likeness (QED) is 0.163. The molecular formula is C16H15N9O5S2. The zero-order valence-corrected chi connectivity index (χ0v) is 17.7. The minimum absolute atomic E-state index is 0.0635. The highest BCUT2D eigenvalue weighted by molar-refractivity contribution is 8.00. The number of hydrogen-bond donors (Lipinski definition) is 4. The van der Waals surface area contributed by atoms with Crippen LogP contribution in [0.3, 0.4) is 0 Å². The van der Waals surface area contributed by atoms with Gasteiger partial charge in [0.05, 0.1) is 6.54 Å². The molecule has 0 aliphatic carbocycles. The maximum Gasteiger partial charge on any atom is 0.352 e. The number of rotatable bonds is 7. The third kappa shape index (κ3) is 3.92. The SMILES string of the molecule is Nc1nc(/C(=N/O)C(=O)NC2C(=O)N3C(C(=O)O)=C(/C=C/Cn4cnnn4)CS[C@H]23)cs1. The zero-order chi connectivity index (χ0) is 22.8. The van der Waals surface area contributed by atoms with Crippen molar-refractivity contribution < 1.29 is 24.7 Å². The summed E-state index contributed by atoms with van der Waals surface area (Å²) < 4.78 is 1.45. The number of nitrogens with one attached hydrogen (secondary N) is 1. The second-order valence-corrected chi connectivity index (χ2v) is 8.49. The lowest BCUT2D eigenvalue weighted by molar-refractivity contribution is -0.150. The van der Waals surface area contributed by atoms with E-state index < -0.39 is 34.9 Å². The van der Waals surface area contributed by atoms with Gasteiger partial charge in [0.15, 0.2) is 10.8 Å². The number of tetrazole rings is 1. The molecule has 1 unspecified atom stereocenters. The molecule has 166 valence electrons. The van der Waals surface area contributed by atoms with E-state index in [1.165, 1.54) is 28.2 Å². The number of carboxylic acids is 1. The monoisotopic (exact) mass is 477 g/mol. The number of nitrogen functional groups attached to an aromatic ring is 1. The maximum atomic E-state index is 12.7. The summed E-state index contributed by atoms with van der Waals surface area (Å²) in [6, 6.07) is -0.985. The van der Waals surface area contributed by atoms with Crippen LogP contribution in [-0.2, 0) is 20.9 Å². The predicted molar refractivity (Wildman–Crippen MR) is 111 cm³/mol. The van der Waals surface area contributed by atoms with Crippen LogP contribution in [0, 0.1) is 0 Å². The summed E-state index contributed by atoms with van der Waals surface area (Å²) in [5.41, 5.74) is 5.49. The zero-order valence-electron chi connectivity index (χ0n) is 16.0. The number of thioether (sulfide) groups is 1. The second kappa shape index (κ2) is 8.75. The number of thiazole rings is 1. The average molecular weight is 477 g/mol. The van der Waals surface area contributed by atoms with Gasteiger partial charge in [0.25, 0.3) is 11.8 Å². The molecule has 32 heavy (non-hydrogen) atoms. The Bertz CT molecular complexity index is 1160. The van der Waals surface area contributed by atoms with Crippen molar-refractivity contribution in [3.8, 4) is 0 Å². The lowest BCUT2D eigenvalue weighted by Crippen LogP contribution is -2.71. The smallest absolute Gasteiger partial charge is 0.352 e. The van der Waals surface area contributed by atoms with Crippen LogP contribution in [0.2, 0.25) is 0 Å². The van der Waals surface area contributed by atoms with E-state index in [9.17, 15) is 24.7 Å². The maximum absolute atomic E-state index is 12.7. The third-order valence-corrected chi connectivity index (χ3v) is 6.55. The number of nitrogens with zero attached hydrogens (tertiary/aromatic N) is 7. The molecule has 5 N–H and O–H groups in total. The summed E-state index contributed by atoms with van der Waals surface area (Å²) >= 11 is 2.36. The standard InChI is InChI=1S/C16H15N9O5S2/c17-16-19-8(5-32-16)9(21-30)12(26)20-10-13(27)25-11(15(28)29)7(4-31-14(10)25)2-1-3-24-6-18-22-23-24/h1-2,5-6,10,14,30H,3-4H2,(H2,17,19)(H,20,26)(H,28,29)/b2-1+,21-9-/t10?,14-/m1/s1. The summed E-state index contributed by atoms with van der Waals surface area (Å²) in [7, 11) is 0. The van der Waals surface area contributed by atoms with Crippen LogP contribution in [0.1, 0.15) is 5.69 Å². The number of allylic oxidation sites excluding steroid dienone is 2. The number of carbonyl (C=O) groups is 3. The Morgan fingerprint density at radius 1 is 1.44 bits per heavy atom. The third-order valence-electron chi connectivity index (χ3n) is 4.57. The lowest BCUT2D eigenvalue weighted by Gasteiger charge is -2.49. The molecule has 4 rings (SSSR count). The van der Waals surface area contributed by atoms with Gasteiger partial charge in [-0.2, -0.15) is 0 Å². The summed E-state index contributed by atoms with van der Waals surface area (Å²) in [6.45, 7) is 0.328. The Hall–Kier alpha value is -3.79. The van der Waals surface area contributed by atoms with Crippen molar-refractivity contribution in [1.29, 1.82) is 0 Å². The van der Waals surface area contributed by atoms with Crippen molar-refractivity contribution in [1.82, 2.24) is 35.4 Å². The molecule has 0 aromatic carbocycles. The average Bonchev–Trinajstić information content (AvgIpc) is 3.44. The predicted octanol–water partition coefficient (Wildman–Crippen LogP) is -1.11. The van der Waals surface area contributed by atoms with E-state index >= 15 is 0 Å². The number of oxime groups is 1. The molecule has 2 amide bonds. The molecule has 0 radical (unpaired) electrons. The van der Waals surface area contributed by atoms with E-state index in [0.717, 1.165) is 16.2 Å². The molecule has 2 aliphatic heterocycles. The van der Waals surface area contributed by atoms with Gasteiger partial charge in [-0.1, -0.05) is 17.3 Å². The van der Waals surface area contributed by atoms with Gasteiger partial charge in [-0.05, 0) is 16.0 Å². The Labute approximate surface area is 187 Å². The summed E-state index contributed by atoms with van der Waals surface area (Å²) in [5, 5.41) is 36.1. The van der Waals surface area contributed by atoms with Crippen molar-refractivity contribution in [2.75, 3.05) is 11.5 Å². The molecule has 2 aromatic rings. The number of hydrogen-bond acceptors (Lipinski definition) is 12. The molecule has 1 saturated heterocycles. The Morgan fingerprint density at radius 3 is 2.88 bits per heavy atom. The number of nitrogens with two attached hydrogens (primary N) is 1. The van der Waals surface area contributed by atoms with Crippen LogP contribution in [-0.4, -0.2) is 81.1 Å². The van der Waals surface area contributed by atoms with Crippen molar-refractivity contribution in [2.24, 2.45) is 5.16 Å². The number of aliphatic carboxylic acids is 1. The minimum atomic E-state index is -1.26. The molecule has 1 fully saturated rings. The number of amides is 2. The van der Waals surface area contributed by atoms with Gasteiger partial charge in [-0.3, -0.25) is 14.5 Å². The fraction of sp³-hybridized carbons (Fsp3) is 0.250. The number of carbonyl (C=O) groups excluding carboxylic acids is 2. The summed E-state index contributed by atoms with van der Waals surface area (Å²) in [6.07, 6.45) is 4.71. The fourth-order valence-electron chi connectivity index (χ4n) is 3.16. The molecule has 16 heteroatoms. The van der Waals surface area contributed by atoms with Gasteiger partial charge in [0, 0.05) is 11.1 Å². The summed E-state index contributed by atoms with van der Waals surface area (Å²) in [5.74, 6) is -2.37. The van der Waals surface area contributed by atoms with Crippen LogP contribution in [0.15, 0.2) is 40.3 Å². The highest BCUT2D eigenvalue weighted by Gasteiger charge is 2.54. The Morgan fingerprint density at radius 2 is 2.25 bits per heavy atom. The van der Waals surface area contributed by atoms with E-state index in [0.29, 0.717) is 17.9 Å². The highest BCUT2D eigenvalue weighted by Crippen LogP contribution is 2.40. The molecule has 0 saturated carbocycles. The largest absolute Gasteiger partial charge is 0.477 e. The van der Waals surface area contributed by atoms with Gasteiger partial charge >= 0.3 is 5.97 Å². The Kier molecular flexibility index (Phi) is 5.87. The normalized spacial score (nSPS) is 20.9. The van der Waals surface area contributed by atoms with Crippen molar-refractivity contribution in [3.63, 3.8) is 0 Å². The van der Waals surface area contributed by atoms with E-state index in [1.54, 1.807) is 12.2 Å². The Balaban J connectivity index is 1.48. The van der Waals surface area contributed by atoms with Crippen LogP contribution >= 0.6 is 23.1 Å². The van der Waals surface area contributed by atoms with Gasteiger partial charge in [-0.25, -0.2) is 14.5 Å². The molecule has 2 aromatic heterocycles. The molecule has 0 spiro atoms. The number of carboxylic acid groups (broad SMARTS) is 1. The fourth-order valence-corrected chi connectivity index (χ4v) is 5.02. The highest BCUT2D eigenvalue weighted by atomic mass is 32.2. The molecule has 4 heterocycles. The number of fused-ring (bicyclic) bond motifs is 1. The molecule has 0 bridgehead atoms. The van der Waals surface area contributed by atoms with Crippen LogP contribution in [0.5, 0.6) is 0 Å².